The molecular formula is C20H25ClN3OS+. The van der Waals surface area contributed by atoms with E-state index >= 15 is 0 Å². The summed E-state index contributed by atoms with van der Waals surface area (Å²) in [4.78, 5) is 3.84. The standard InChI is InChI=1S/C20H24ClN3OS/c1-25-19-4-2-3-17(13-19)15-23-9-11-24(12-10-23)20(26)22-14-16-5-7-18(21)8-6-16/h2-8,13H,9-12,14-15H2,1H3,(H,22,26)/p+1. The number of nitrogens with one attached hydrogen (secondary N) is 2. The van der Waals surface area contributed by atoms with Crippen LogP contribution in [-0.4, -0.2) is 43.3 Å². The van der Waals surface area contributed by atoms with E-state index in [1.165, 1.54) is 11.1 Å². The highest BCUT2D eigenvalue weighted by atomic mass is 35.5. The summed E-state index contributed by atoms with van der Waals surface area (Å²) in [5.41, 5.74) is 2.50. The van der Waals surface area contributed by atoms with Crippen LogP contribution in [0.4, 0.5) is 0 Å². The first-order valence-electron chi connectivity index (χ1n) is 8.88. The molecule has 0 amide bonds. The fourth-order valence-corrected chi connectivity index (χ4v) is 3.55. The monoisotopic (exact) mass is 390 g/mol. The number of hydrogen-bond acceptors (Lipinski definition) is 2. The molecule has 0 saturated carbocycles. The van der Waals surface area contributed by atoms with Gasteiger partial charge in [0.05, 0.1) is 33.3 Å². The average molecular weight is 391 g/mol. The Morgan fingerprint density at radius 1 is 1.15 bits per heavy atom. The van der Waals surface area contributed by atoms with Gasteiger partial charge in [0.25, 0.3) is 0 Å². The molecule has 2 N–H and O–H groups in total. The van der Waals surface area contributed by atoms with Crippen LogP contribution in [0.1, 0.15) is 11.1 Å². The third-order valence-electron chi connectivity index (χ3n) is 4.70. The SMILES string of the molecule is COc1cccc(C[NH+]2CCN(C(=S)NCc3ccc(Cl)cc3)CC2)c1. The van der Waals surface area contributed by atoms with Gasteiger partial charge in [-0.2, -0.15) is 0 Å². The van der Waals surface area contributed by atoms with Gasteiger partial charge in [-0.3, -0.25) is 0 Å². The minimum atomic E-state index is 0.729. The molecule has 1 saturated heterocycles. The minimum absolute atomic E-state index is 0.729. The zero-order valence-electron chi connectivity index (χ0n) is 15.0. The van der Waals surface area contributed by atoms with Gasteiger partial charge in [-0.15, -0.1) is 0 Å². The molecule has 0 unspecified atom stereocenters. The summed E-state index contributed by atoms with van der Waals surface area (Å²) in [5.74, 6) is 0.924. The summed E-state index contributed by atoms with van der Waals surface area (Å²) in [5, 5.41) is 4.95. The van der Waals surface area contributed by atoms with Crippen LogP contribution in [0.15, 0.2) is 48.5 Å². The van der Waals surface area contributed by atoms with Crippen molar-refractivity contribution >= 4 is 28.9 Å². The molecule has 0 spiro atoms. The normalized spacial score (nSPS) is 14.9. The smallest absolute Gasteiger partial charge is 0.169 e. The van der Waals surface area contributed by atoms with Gasteiger partial charge in [0.2, 0.25) is 0 Å². The number of quaternary nitrogens is 1. The zero-order valence-corrected chi connectivity index (χ0v) is 16.6. The summed E-state index contributed by atoms with van der Waals surface area (Å²) in [6.45, 7) is 5.88. The maximum Gasteiger partial charge on any atom is 0.169 e. The number of piperazine rings is 1. The topological polar surface area (TPSA) is 28.9 Å². The molecule has 0 atom stereocenters. The van der Waals surface area contributed by atoms with Crippen molar-refractivity contribution in [2.45, 2.75) is 13.1 Å². The maximum atomic E-state index is 5.92. The molecule has 26 heavy (non-hydrogen) atoms. The molecule has 1 fully saturated rings. The second-order valence-corrected chi connectivity index (χ2v) is 7.37. The first-order chi connectivity index (χ1) is 12.6. The van der Waals surface area contributed by atoms with Crippen LogP contribution in [0.5, 0.6) is 5.75 Å². The van der Waals surface area contributed by atoms with E-state index in [2.05, 4.69) is 28.4 Å². The highest BCUT2D eigenvalue weighted by Gasteiger charge is 2.21. The number of hydrogen-bond donors (Lipinski definition) is 2. The molecule has 138 valence electrons. The van der Waals surface area contributed by atoms with Crippen LogP contribution in [0, 0.1) is 0 Å². The van der Waals surface area contributed by atoms with Crippen LogP contribution in [0.2, 0.25) is 5.02 Å². The lowest BCUT2D eigenvalue weighted by molar-refractivity contribution is -0.917. The van der Waals surface area contributed by atoms with Crippen molar-refractivity contribution in [3.63, 3.8) is 0 Å². The van der Waals surface area contributed by atoms with Crippen LogP contribution < -0.4 is 15.0 Å². The fraction of sp³-hybridized carbons (Fsp3) is 0.350. The summed E-state index contributed by atoms with van der Waals surface area (Å²) in [6.07, 6.45) is 0. The molecule has 1 aliphatic heterocycles. The molecule has 2 aromatic rings. The zero-order chi connectivity index (χ0) is 18.4. The number of ether oxygens (including phenoxy) is 1. The van der Waals surface area contributed by atoms with Crippen molar-refractivity contribution < 1.29 is 9.64 Å². The predicted octanol–water partition coefficient (Wildman–Crippen LogP) is 2.12. The number of halogens is 1. The van der Waals surface area contributed by atoms with Gasteiger partial charge in [-0.25, -0.2) is 0 Å². The summed E-state index contributed by atoms with van der Waals surface area (Å²) in [6, 6.07) is 16.2. The van der Waals surface area contributed by atoms with Crippen molar-refractivity contribution in [3.8, 4) is 5.75 Å². The summed E-state index contributed by atoms with van der Waals surface area (Å²) >= 11 is 11.5. The number of methoxy groups -OCH3 is 1. The van der Waals surface area contributed by atoms with E-state index in [1.807, 2.05) is 30.3 Å². The largest absolute Gasteiger partial charge is 0.497 e. The Morgan fingerprint density at radius 3 is 2.58 bits per heavy atom. The first kappa shape index (κ1) is 19.0. The number of benzene rings is 2. The van der Waals surface area contributed by atoms with Crippen LogP contribution in [-0.2, 0) is 13.1 Å². The van der Waals surface area contributed by atoms with E-state index in [-0.39, 0.29) is 0 Å². The number of thiocarbonyl (C=S) groups is 1. The molecule has 3 rings (SSSR count). The average Bonchev–Trinajstić information content (AvgIpc) is 2.68. The lowest BCUT2D eigenvalue weighted by Gasteiger charge is -2.34. The third kappa shape index (κ3) is 5.34. The molecule has 0 aliphatic carbocycles. The van der Waals surface area contributed by atoms with Crippen LogP contribution in [0.25, 0.3) is 0 Å². The van der Waals surface area contributed by atoms with Crippen LogP contribution >= 0.6 is 23.8 Å². The second-order valence-electron chi connectivity index (χ2n) is 6.55. The van der Waals surface area contributed by atoms with E-state index < -0.39 is 0 Å². The Morgan fingerprint density at radius 2 is 1.88 bits per heavy atom. The minimum Gasteiger partial charge on any atom is -0.497 e. The van der Waals surface area contributed by atoms with E-state index in [9.17, 15) is 0 Å². The van der Waals surface area contributed by atoms with E-state index in [4.69, 9.17) is 28.6 Å². The summed E-state index contributed by atoms with van der Waals surface area (Å²) in [7, 11) is 1.71. The van der Waals surface area contributed by atoms with Crippen molar-refractivity contribution in [3.05, 3.63) is 64.7 Å². The Balaban J connectivity index is 1.43. The van der Waals surface area contributed by atoms with Crippen molar-refractivity contribution in [2.24, 2.45) is 0 Å². The predicted molar refractivity (Wildman–Crippen MR) is 110 cm³/mol. The van der Waals surface area contributed by atoms with Crippen LogP contribution in [0.3, 0.4) is 0 Å². The van der Waals surface area contributed by atoms with Gasteiger partial charge in [0.1, 0.15) is 12.3 Å². The molecule has 0 radical (unpaired) electrons. The van der Waals surface area contributed by atoms with E-state index in [1.54, 1.807) is 12.0 Å². The highest BCUT2D eigenvalue weighted by molar-refractivity contribution is 7.80. The highest BCUT2D eigenvalue weighted by Crippen LogP contribution is 2.12. The van der Waals surface area contributed by atoms with Crippen molar-refractivity contribution in [2.75, 3.05) is 33.3 Å². The van der Waals surface area contributed by atoms with E-state index in [0.717, 1.165) is 55.2 Å². The second kappa shape index (κ2) is 9.21. The Bertz CT molecular complexity index is 730. The first-order valence-corrected chi connectivity index (χ1v) is 9.66. The van der Waals surface area contributed by atoms with E-state index in [0.29, 0.717) is 0 Å². The van der Waals surface area contributed by atoms with Gasteiger partial charge < -0.3 is 19.9 Å². The quantitative estimate of drug-likeness (QED) is 0.765. The summed E-state index contributed by atoms with van der Waals surface area (Å²) < 4.78 is 5.31. The lowest BCUT2D eigenvalue weighted by atomic mass is 10.2. The van der Waals surface area contributed by atoms with Gasteiger partial charge in [0, 0.05) is 17.1 Å². The maximum absolute atomic E-state index is 5.92. The molecular weight excluding hydrogens is 366 g/mol. The molecule has 0 aromatic heterocycles. The van der Waals surface area contributed by atoms with Gasteiger partial charge in [-0.1, -0.05) is 35.9 Å². The lowest BCUT2D eigenvalue weighted by Crippen LogP contribution is -3.13. The molecule has 6 heteroatoms. The number of rotatable bonds is 5. The Hall–Kier alpha value is -1.82. The van der Waals surface area contributed by atoms with Gasteiger partial charge in [0.15, 0.2) is 5.11 Å². The van der Waals surface area contributed by atoms with Crippen molar-refractivity contribution in [1.82, 2.24) is 10.2 Å². The van der Waals surface area contributed by atoms with Crippen molar-refractivity contribution in [1.29, 1.82) is 0 Å². The fourth-order valence-electron chi connectivity index (χ4n) is 3.17. The molecule has 4 nitrogen and oxygen atoms in total. The van der Waals surface area contributed by atoms with Gasteiger partial charge in [-0.05, 0) is 42.0 Å². The van der Waals surface area contributed by atoms with Gasteiger partial charge >= 0.3 is 0 Å². The molecule has 1 aliphatic rings. The number of nitrogens with zero attached hydrogens (tertiary/aromatic N) is 1. The Kier molecular flexibility index (Phi) is 6.72. The Labute approximate surface area is 165 Å². The molecule has 1 heterocycles. The molecule has 0 bridgehead atoms. The molecule has 2 aromatic carbocycles. The third-order valence-corrected chi connectivity index (χ3v) is 5.36.